The second-order valence-electron chi connectivity index (χ2n) is 4.63. The molecule has 0 unspecified atom stereocenters. The maximum atomic E-state index is 11.7. The Hall–Kier alpha value is -1.40. The first-order valence-corrected chi connectivity index (χ1v) is 7.95. The number of rotatable bonds is 6. The Balaban J connectivity index is 1.62. The summed E-state index contributed by atoms with van der Waals surface area (Å²) in [6.45, 7) is 3.79. The number of anilines is 1. The molecular weight excluding hydrogens is 274 g/mol. The average Bonchev–Trinajstić information content (AvgIpc) is 2.47. The largest absolute Gasteiger partial charge is 0.482 e. The van der Waals surface area contributed by atoms with E-state index in [1.807, 2.05) is 23.9 Å². The Morgan fingerprint density at radius 3 is 2.85 bits per heavy atom. The smallest absolute Gasteiger partial charge is 0.257 e. The van der Waals surface area contributed by atoms with E-state index < -0.39 is 0 Å². The van der Waals surface area contributed by atoms with E-state index in [1.54, 1.807) is 12.1 Å². The Morgan fingerprint density at radius 2 is 2.10 bits per heavy atom. The summed E-state index contributed by atoms with van der Waals surface area (Å²) < 4.78 is 5.39. The molecule has 5 nitrogen and oxygen atoms in total. The van der Waals surface area contributed by atoms with Gasteiger partial charge in [-0.15, -0.1) is 0 Å². The number of amides is 1. The highest BCUT2D eigenvalue weighted by Gasteiger charge is 2.10. The molecule has 1 amide bonds. The van der Waals surface area contributed by atoms with E-state index in [1.165, 1.54) is 11.5 Å². The van der Waals surface area contributed by atoms with Crippen LogP contribution >= 0.6 is 11.8 Å². The molecule has 1 heterocycles. The van der Waals surface area contributed by atoms with Crippen molar-refractivity contribution in [3.8, 4) is 5.75 Å². The number of thioether (sulfide) groups is 1. The Labute approximate surface area is 123 Å². The molecule has 20 heavy (non-hydrogen) atoms. The van der Waals surface area contributed by atoms with Crippen molar-refractivity contribution < 1.29 is 9.53 Å². The molecule has 0 bridgehead atoms. The van der Waals surface area contributed by atoms with Crippen LogP contribution in [0.2, 0.25) is 0 Å². The zero-order chi connectivity index (χ0) is 14.2. The molecule has 0 radical (unpaired) electrons. The van der Waals surface area contributed by atoms with Gasteiger partial charge in [0.15, 0.2) is 6.61 Å². The van der Waals surface area contributed by atoms with Gasteiger partial charge in [-0.1, -0.05) is 12.1 Å². The van der Waals surface area contributed by atoms with E-state index in [-0.39, 0.29) is 12.5 Å². The van der Waals surface area contributed by atoms with Crippen LogP contribution in [0, 0.1) is 0 Å². The summed E-state index contributed by atoms with van der Waals surface area (Å²) in [5.74, 6) is 2.81. The molecule has 0 aliphatic carbocycles. The topological polar surface area (TPSA) is 67.6 Å². The number of ether oxygens (including phenoxy) is 1. The van der Waals surface area contributed by atoms with Crippen LogP contribution in [0.15, 0.2) is 24.3 Å². The molecule has 1 aromatic carbocycles. The summed E-state index contributed by atoms with van der Waals surface area (Å²) in [5.41, 5.74) is 6.29. The average molecular weight is 295 g/mol. The number of para-hydroxylation sites is 2. The van der Waals surface area contributed by atoms with Crippen LogP contribution in [0.3, 0.4) is 0 Å². The Morgan fingerprint density at radius 1 is 1.35 bits per heavy atom. The van der Waals surface area contributed by atoms with Crippen molar-refractivity contribution in [2.45, 2.75) is 0 Å². The standard InChI is InChI=1S/C14H21N3O2S/c15-12-3-1-2-4-13(12)19-11-14(18)16-5-6-17-7-9-20-10-8-17/h1-4H,5-11,15H2,(H,16,18). The molecule has 1 fully saturated rings. The number of nitrogens with one attached hydrogen (secondary N) is 1. The highest BCUT2D eigenvalue weighted by atomic mass is 32.2. The third kappa shape index (κ3) is 4.94. The van der Waals surface area contributed by atoms with Crippen LogP contribution in [-0.4, -0.2) is 55.1 Å². The summed E-state index contributed by atoms with van der Waals surface area (Å²) in [5, 5.41) is 2.87. The lowest BCUT2D eigenvalue weighted by molar-refractivity contribution is -0.123. The zero-order valence-electron chi connectivity index (χ0n) is 11.5. The monoisotopic (exact) mass is 295 g/mol. The number of nitrogen functional groups attached to an aromatic ring is 1. The molecule has 1 aromatic rings. The first-order chi connectivity index (χ1) is 9.75. The van der Waals surface area contributed by atoms with Gasteiger partial charge in [0.25, 0.3) is 5.91 Å². The molecule has 0 spiro atoms. The van der Waals surface area contributed by atoms with Gasteiger partial charge < -0.3 is 15.8 Å². The van der Waals surface area contributed by atoms with E-state index in [0.29, 0.717) is 18.0 Å². The minimum Gasteiger partial charge on any atom is -0.482 e. The van der Waals surface area contributed by atoms with Gasteiger partial charge in [-0.05, 0) is 12.1 Å². The van der Waals surface area contributed by atoms with Crippen molar-refractivity contribution in [3.63, 3.8) is 0 Å². The fourth-order valence-corrected chi connectivity index (χ4v) is 2.96. The molecule has 110 valence electrons. The minimum absolute atomic E-state index is 0.00403. The first-order valence-electron chi connectivity index (χ1n) is 6.80. The fourth-order valence-electron chi connectivity index (χ4n) is 1.98. The summed E-state index contributed by atoms with van der Waals surface area (Å²) in [4.78, 5) is 14.0. The van der Waals surface area contributed by atoms with E-state index in [4.69, 9.17) is 10.5 Å². The summed E-state index contributed by atoms with van der Waals surface area (Å²) in [7, 11) is 0. The summed E-state index contributed by atoms with van der Waals surface area (Å²) in [6.07, 6.45) is 0. The second kappa shape index (κ2) is 8.01. The lowest BCUT2D eigenvalue weighted by Gasteiger charge is -2.25. The predicted molar refractivity (Wildman–Crippen MR) is 83.1 cm³/mol. The van der Waals surface area contributed by atoms with E-state index in [2.05, 4.69) is 10.2 Å². The van der Waals surface area contributed by atoms with Gasteiger partial charge in [-0.3, -0.25) is 9.69 Å². The number of hydrogen-bond donors (Lipinski definition) is 2. The first kappa shape index (κ1) is 15.0. The van der Waals surface area contributed by atoms with Crippen molar-refractivity contribution >= 4 is 23.4 Å². The van der Waals surface area contributed by atoms with Crippen molar-refractivity contribution in [1.82, 2.24) is 10.2 Å². The number of nitrogens with two attached hydrogens (primary N) is 1. The van der Waals surface area contributed by atoms with Crippen LogP contribution in [0.1, 0.15) is 0 Å². The van der Waals surface area contributed by atoms with E-state index in [0.717, 1.165) is 19.6 Å². The highest BCUT2D eigenvalue weighted by molar-refractivity contribution is 7.99. The molecule has 6 heteroatoms. The molecule has 0 aromatic heterocycles. The SMILES string of the molecule is Nc1ccccc1OCC(=O)NCCN1CCSCC1. The maximum Gasteiger partial charge on any atom is 0.257 e. The molecule has 3 N–H and O–H groups in total. The van der Waals surface area contributed by atoms with Crippen molar-refractivity contribution in [2.24, 2.45) is 0 Å². The molecule has 1 saturated heterocycles. The van der Waals surface area contributed by atoms with Gasteiger partial charge in [0, 0.05) is 37.7 Å². The van der Waals surface area contributed by atoms with Crippen LogP contribution in [0.5, 0.6) is 5.75 Å². The van der Waals surface area contributed by atoms with Crippen LogP contribution in [0.25, 0.3) is 0 Å². The van der Waals surface area contributed by atoms with Gasteiger partial charge in [0.2, 0.25) is 0 Å². The van der Waals surface area contributed by atoms with Gasteiger partial charge in [0.05, 0.1) is 5.69 Å². The van der Waals surface area contributed by atoms with Crippen molar-refractivity contribution in [2.75, 3.05) is 50.0 Å². The summed E-state index contributed by atoms with van der Waals surface area (Å²) in [6, 6.07) is 7.17. The fraction of sp³-hybridized carbons (Fsp3) is 0.500. The maximum absolute atomic E-state index is 11.7. The lowest BCUT2D eigenvalue weighted by Crippen LogP contribution is -2.40. The van der Waals surface area contributed by atoms with Gasteiger partial charge in [-0.25, -0.2) is 0 Å². The third-order valence-electron chi connectivity index (χ3n) is 3.13. The number of carbonyl (C=O) groups excluding carboxylic acids is 1. The molecule has 1 aliphatic heterocycles. The second-order valence-corrected chi connectivity index (χ2v) is 5.86. The lowest BCUT2D eigenvalue weighted by atomic mass is 10.3. The van der Waals surface area contributed by atoms with Crippen molar-refractivity contribution in [1.29, 1.82) is 0 Å². The number of hydrogen-bond acceptors (Lipinski definition) is 5. The van der Waals surface area contributed by atoms with Crippen LogP contribution in [0.4, 0.5) is 5.69 Å². The van der Waals surface area contributed by atoms with Crippen LogP contribution in [-0.2, 0) is 4.79 Å². The molecule has 0 atom stereocenters. The van der Waals surface area contributed by atoms with Crippen LogP contribution < -0.4 is 15.8 Å². The van der Waals surface area contributed by atoms with E-state index in [9.17, 15) is 4.79 Å². The number of nitrogens with zero attached hydrogens (tertiary/aromatic N) is 1. The van der Waals surface area contributed by atoms with Gasteiger partial charge in [-0.2, -0.15) is 11.8 Å². The molecule has 2 rings (SSSR count). The predicted octanol–water partition coefficient (Wildman–Crippen LogP) is 0.813. The van der Waals surface area contributed by atoms with Crippen molar-refractivity contribution in [3.05, 3.63) is 24.3 Å². The Kier molecular flexibility index (Phi) is 6.01. The molecule has 0 saturated carbocycles. The number of benzene rings is 1. The highest BCUT2D eigenvalue weighted by Crippen LogP contribution is 2.19. The van der Waals surface area contributed by atoms with Gasteiger partial charge >= 0.3 is 0 Å². The van der Waals surface area contributed by atoms with Gasteiger partial charge in [0.1, 0.15) is 5.75 Å². The summed E-state index contributed by atoms with van der Waals surface area (Å²) >= 11 is 1.98. The third-order valence-corrected chi connectivity index (χ3v) is 4.07. The normalized spacial score (nSPS) is 15.8. The minimum atomic E-state index is -0.111. The Bertz CT molecular complexity index is 436. The zero-order valence-corrected chi connectivity index (χ0v) is 12.3. The van der Waals surface area contributed by atoms with E-state index >= 15 is 0 Å². The number of carbonyl (C=O) groups is 1. The molecule has 1 aliphatic rings. The quantitative estimate of drug-likeness (QED) is 0.760. The molecular formula is C14H21N3O2S.